The van der Waals surface area contributed by atoms with Gasteiger partial charge in [-0.2, -0.15) is 5.10 Å². The number of nitrogens with zero attached hydrogens (tertiary/aromatic N) is 2. The maximum atomic E-state index is 5.10. The lowest BCUT2D eigenvalue weighted by Crippen LogP contribution is -1.89. The van der Waals surface area contributed by atoms with Gasteiger partial charge in [-0.05, 0) is 31.2 Å². The van der Waals surface area contributed by atoms with Crippen molar-refractivity contribution in [3.05, 3.63) is 54.2 Å². The molecule has 0 aliphatic heterocycles. The molecule has 3 aromatic rings. The topological polar surface area (TPSA) is 62.8 Å². The van der Waals surface area contributed by atoms with Gasteiger partial charge in [-0.1, -0.05) is 17.7 Å². The van der Waals surface area contributed by atoms with Crippen molar-refractivity contribution in [3.8, 4) is 17.1 Å². The highest BCUT2D eigenvalue weighted by atomic mass is 16.5. The largest absolute Gasteiger partial charge is 0.495 e. The molecule has 2 N–H and O–H groups in total. The molecule has 0 unspecified atom stereocenters. The molecule has 2 heterocycles. The molecular formula is C16H16N4O. The van der Waals surface area contributed by atoms with Crippen LogP contribution < -0.4 is 10.1 Å². The molecule has 0 atom stereocenters. The van der Waals surface area contributed by atoms with Crippen molar-refractivity contribution in [1.29, 1.82) is 0 Å². The zero-order valence-electron chi connectivity index (χ0n) is 11.9. The first-order valence-corrected chi connectivity index (χ1v) is 6.64. The Morgan fingerprint density at radius 2 is 1.90 bits per heavy atom. The normalized spacial score (nSPS) is 10.4. The molecule has 1 aromatic carbocycles. The lowest BCUT2D eigenvalue weighted by atomic mass is 10.2. The van der Waals surface area contributed by atoms with Gasteiger partial charge in [0.25, 0.3) is 0 Å². The second-order valence-electron chi connectivity index (χ2n) is 4.74. The summed E-state index contributed by atoms with van der Waals surface area (Å²) in [5.41, 5.74) is 3.90. The highest BCUT2D eigenvalue weighted by molar-refractivity contribution is 5.63. The van der Waals surface area contributed by atoms with Crippen LogP contribution in [-0.4, -0.2) is 22.3 Å². The van der Waals surface area contributed by atoms with E-state index < -0.39 is 0 Å². The predicted molar refractivity (Wildman–Crippen MR) is 82.8 cm³/mol. The third-order valence-corrected chi connectivity index (χ3v) is 3.15. The third-order valence-electron chi connectivity index (χ3n) is 3.15. The molecule has 0 amide bonds. The summed E-state index contributed by atoms with van der Waals surface area (Å²) < 4.78 is 5.10. The number of hydrogen-bond donors (Lipinski definition) is 2. The fourth-order valence-electron chi connectivity index (χ4n) is 1.96. The molecule has 106 valence electrons. The van der Waals surface area contributed by atoms with Gasteiger partial charge in [0.05, 0.1) is 24.7 Å². The van der Waals surface area contributed by atoms with Crippen molar-refractivity contribution in [1.82, 2.24) is 15.2 Å². The van der Waals surface area contributed by atoms with Crippen molar-refractivity contribution >= 4 is 11.5 Å². The van der Waals surface area contributed by atoms with Gasteiger partial charge in [-0.25, -0.2) is 0 Å². The summed E-state index contributed by atoms with van der Waals surface area (Å²) in [5, 5.41) is 10.5. The Hall–Kier alpha value is -2.82. The number of H-pyrrole nitrogens is 1. The van der Waals surface area contributed by atoms with Crippen LogP contribution in [0.1, 0.15) is 5.56 Å². The number of pyridine rings is 1. The van der Waals surface area contributed by atoms with E-state index in [0.29, 0.717) is 0 Å². The zero-order valence-corrected chi connectivity index (χ0v) is 11.9. The first-order valence-electron chi connectivity index (χ1n) is 6.64. The number of hydrogen-bond acceptors (Lipinski definition) is 4. The Bertz CT molecular complexity index is 717. The minimum absolute atomic E-state index is 0.733. The monoisotopic (exact) mass is 280 g/mol. The van der Waals surface area contributed by atoms with E-state index in [-0.39, 0.29) is 0 Å². The van der Waals surface area contributed by atoms with Crippen LogP contribution in [0.25, 0.3) is 11.4 Å². The van der Waals surface area contributed by atoms with E-state index in [1.807, 2.05) is 30.3 Å². The van der Waals surface area contributed by atoms with Crippen LogP contribution in [0.4, 0.5) is 11.5 Å². The smallest absolute Gasteiger partial charge is 0.152 e. The summed E-state index contributed by atoms with van der Waals surface area (Å²) in [4.78, 5) is 4.33. The number of ether oxygens (including phenoxy) is 1. The van der Waals surface area contributed by atoms with Gasteiger partial charge in [0, 0.05) is 11.8 Å². The van der Waals surface area contributed by atoms with Gasteiger partial charge in [0.15, 0.2) is 5.82 Å². The lowest BCUT2D eigenvalue weighted by molar-refractivity contribution is 0.413. The summed E-state index contributed by atoms with van der Waals surface area (Å²) in [5.74, 6) is 1.49. The van der Waals surface area contributed by atoms with E-state index >= 15 is 0 Å². The molecule has 0 spiro atoms. The number of benzene rings is 1. The average Bonchev–Trinajstić information content (AvgIpc) is 2.98. The number of methoxy groups -OCH3 is 1. The average molecular weight is 280 g/mol. The number of aromatic amines is 1. The molecule has 0 aliphatic carbocycles. The van der Waals surface area contributed by atoms with Gasteiger partial charge in [0.1, 0.15) is 5.75 Å². The van der Waals surface area contributed by atoms with E-state index in [4.69, 9.17) is 4.74 Å². The number of nitrogens with one attached hydrogen (secondary N) is 2. The molecule has 0 aliphatic rings. The molecule has 5 nitrogen and oxygen atoms in total. The van der Waals surface area contributed by atoms with Crippen LogP contribution in [0.2, 0.25) is 0 Å². The minimum atomic E-state index is 0.733. The van der Waals surface area contributed by atoms with Crippen molar-refractivity contribution in [2.45, 2.75) is 6.92 Å². The molecule has 0 bridgehead atoms. The van der Waals surface area contributed by atoms with Crippen LogP contribution in [-0.2, 0) is 0 Å². The van der Waals surface area contributed by atoms with Gasteiger partial charge in [0.2, 0.25) is 0 Å². The fourth-order valence-corrected chi connectivity index (χ4v) is 1.96. The number of rotatable bonds is 4. The van der Waals surface area contributed by atoms with Crippen LogP contribution in [0.3, 0.4) is 0 Å². The maximum absolute atomic E-state index is 5.10. The lowest BCUT2D eigenvalue weighted by Gasteiger charge is -2.02. The maximum Gasteiger partial charge on any atom is 0.152 e. The van der Waals surface area contributed by atoms with Crippen LogP contribution in [0.15, 0.2) is 48.7 Å². The van der Waals surface area contributed by atoms with Gasteiger partial charge < -0.3 is 10.1 Å². The summed E-state index contributed by atoms with van der Waals surface area (Å²) >= 11 is 0. The molecule has 3 rings (SSSR count). The van der Waals surface area contributed by atoms with Gasteiger partial charge in [-0.3, -0.25) is 10.1 Å². The standard InChI is InChI=1S/C16H16N4O/c1-11-3-5-12(6-4-11)18-16-9-15(19-20-16)14-8-7-13(21-2)10-17-14/h3-10H,1-2H3,(H2,18,19,20). The van der Waals surface area contributed by atoms with Gasteiger partial charge in [-0.15, -0.1) is 0 Å². The van der Waals surface area contributed by atoms with Crippen LogP contribution in [0, 0.1) is 6.92 Å². The van der Waals surface area contributed by atoms with Crippen LogP contribution >= 0.6 is 0 Å². The summed E-state index contributed by atoms with van der Waals surface area (Å²) in [6.07, 6.45) is 1.68. The van der Waals surface area contributed by atoms with E-state index in [1.54, 1.807) is 13.3 Å². The molecule has 0 fully saturated rings. The van der Waals surface area contributed by atoms with E-state index in [0.717, 1.165) is 28.6 Å². The van der Waals surface area contributed by atoms with Gasteiger partial charge >= 0.3 is 0 Å². The van der Waals surface area contributed by atoms with Crippen molar-refractivity contribution < 1.29 is 4.74 Å². The Balaban J connectivity index is 1.77. The highest BCUT2D eigenvalue weighted by Gasteiger charge is 2.05. The van der Waals surface area contributed by atoms with E-state index in [1.165, 1.54) is 5.56 Å². The second-order valence-corrected chi connectivity index (χ2v) is 4.74. The van der Waals surface area contributed by atoms with Crippen molar-refractivity contribution in [2.24, 2.45) is 0 Å². The Labute approximate surface area is 123 Å². The van der Waals surface area contributed by atoms with Crippen molar-refractivity contribution in [2.75, 3.05) is 12.4 Å². The first kappa shape index (κ1) is 13.2. The zero-order chi connectivity index (χ0) is 14.7. The second kappa shape index (κ2) is 5.66. The number of aromatic nitrogens is 3. The molecule has 0 saturated carbocycles. The van der Waals surface area contributed by atoms with Crippen LogP contribution in [0.5, 0.6) is 5.75 Å². The molecule has 5 heteroatoms. The minimum Gasteiger partial charge on any atom is -0.495 e. The van der Waals surface area contributed by atoms with Crippen molar-refractivity contribution in [3.63, 3.8) is 0 Å². The number of anilines is 2. The Morgan fingerprint density at radius 1 is 1.10 bits per heavy atom. The predicted octanol–water partition coefficient (Wildman–Crippen LogP) is 3.53. The first-order chi connectivity index (χ1) is 10.2. The summed E-state index contributed by atoms with van der Waals surface area (Å²) in [7, 11) is 1.62. The third kappa shape index (κ3) is 3.02. The summed E-state index contributed by atoms with van der Waals surface area (Å²) in [6.45, 7) is 2.06. The highest BCUT2D eigenvalue weighted by Crippen LogP contribution is 2.22. The molecular weight excluding hydrogens is 264 g/mol. The summed E-state index contributed by atoms with van der Waals surface area (Å²) in [6, 6.07) is 13.8. The fraction of sp³-hybridized carbons (Fsp3) is 0.125. The van der Waals surface area contributed by atoms with E-state index in [9.17, 15) is 0 Å². The van der Waals surface area contributed by atoms with E-state index in [2.05, 4.69) is 39.6 Å². The Morgan fingerprint density at radius 3 is 2.57 bits per heavy atom. The number of aryl methyl sites for hydroxylation is 1. The molecule has 0 radical (unpaired) electrons. The molecule has 21 heavy (non-hydrogen) atoms. The molecule has 0 saturated heterocycles. The SMILES string of the molecule is COc1ccc(-c2cc(Nc3ccc(C)cc3)n[nH]2)nc1. The quantitative estimate of drug-likeness (QED) is 0.767. The Kier molecular flexibility index (Phi) is 3.55. The molecule has 2 aromatic heterocycles.